The van der Waals surface area contributed by atoms with E-state index in [1.54, 1.807) is 6.92 Å². The van der Waals surface area contributed by atoms with Crippen molar-refractivity contribution in [3.8, 4) is 0 Å². The van der Waals surface area contributed by atoms with Gasteiger partial charge >= 0.3 is 5.97 Å². The molecule has 0 amide bonds. The van der Waals surface area contributed by atoms with Crippen LogP contribution in [0.5, 0.6) is 0 Å². The second kappa shape index (κ2) is 4.61. The fourth-order valence-electron chi connectivity index (χ4n) is 1.83. The number of carboxylic acids is 1. The van der Waals surface area contributed by atoms with E-state index in [0.717, 1.165) is 37.5 Å². The first-order valence-electron chi connectivity index (χ1n) is 5.55. The van der Waals surface area contributed by atoms with Crippen molar-refractivity contribution in [2.24, 2.45) is 0 Å². The smallest absolute Gasteiger partial charge is 0.320 e. The van der Waals surface area contributed by atoms with Crippen LogP contribution in [0.4, 0.5) is 0 Å². The molecule has 1 aliphatic heterocycles. The predicted molar refractivity (Wildman–Crippen MR) is 56.9 cm³/mol. The summed E-state index contributed by atoms with van der Waals surface area (Å²) in [6.07, 6.45) is 3.28. The van der Waals surface area contributed by atoms with E-state index in [-0.39, 0.29) is 0 Å². The minimum Gasteiger partial charge on any atom is -0.480 e. The van der Waals surface area contributed by atoms with E-state index in [9.17, 15) is 4.79 Å². The average Bonchev–Trinajstić information content (AvgIpc) is 2.69. The van der Waals surface area contributed by atoms with Crippen molar-refractivity contribution in [1.82, 2.24) is 20.1 Å². The van der Waals surface area contributed by atoms with Gasteiger partial charge in [0.05, 0.1) is 6.54 Å². The number of carbonyl (C=O) groups is 1. The molecule has 2 N–H and O–H groups in total. The second-order valence-electron chi connectivity index (χ2n) is 4.08. The van der Waals surface area contributed by atoms with Gasteiger partial charge in [-0.2, -0.15) is 0 Å². The lowest BCUT2D eigenvalue weighted by atomic mass is 10.2. The fraction of sp³-hybridized carbons (Fsp3) is 0.700. The number of hydrogen-bond donors (Lipinski definition) is 2. The van der Waals surface area contributed by atoms with E-state index in [0.29, 0.717) is 6.54 Å². The second-order valence-corrected chi connectivity index (χ2v) is 4.08. The Morgan fingerprint density at radius 3 is 3.12 bits per heavy atom. The Labute approximate surface area is 93.7 Å². The molecule has 0 saturated carbocycles. The van der Waals surface area contributed by atoms with Gasteiger partial charge in [-0.25, -0.2) is 0 Å². The summed E-state index contributed by atoms with van der Waals surface area (Å²) in [5.74, 6) is 1.01. The van der Waals surface area contributed by atoms with Crippen LogP contribution < -0.4 is 5.32 Å². The fourth-order valence-corrected chi connectivity index (χ4v) is 1.83. The standard InChI is InChI=1S/C10H16N4O2/c1-7(10(15)16)11-6-9-13-12-8-4-2-3-5-14(8)9/h7,11H,2-6H2,1H3,(H,15,16)/t7-/m1/s1. The Balaban J connectivity index is 1.99. The van der Waals surface area contributed by atoms with Gasteiger partial charge < -0.3 is 9.67 Å². The highest BCUT2D eigenvalue weighted by molar-refractivity contribution is 5.72. The first-order valence-corrected chi connectivity index (χ1v) is 5.55. The third kappa shape index (κ3) is 2.21. The zero-order valence-corrected chi connectivity index (χ0v) is 9.31. The number of aryl methyl sites for hydroxylation is 1. The lowest BCUT2D eigenvalue weighted by Crippen LogP contribution is -2.34. The highest BCUT2D eigenvalue weighted by Crippen LogP contribution is 2.13. The number of fused-ring (bicyclic) bond motifs is 1. The molecule has 0 saturated heterocycles. The molecule has 1 aromatic heterocycles. The van der Waals surface area contributed by atoms with E-state index in [1.165, 1.54) is 0 Å². The van der Waals surface area contributed by atoms with Crippen molar-refractivity contribution in [2.45, 2.75) is 45.3 Å². The third-order valence-electron chi connectivity index (χ3n) is 2.87. The Kier molecular flexibility index (Phi) is 3.19. The van der Waals surface area contributed by atoms with Crippen molar-refractivity contribution >= 4 is 5.97 Å². The van der Waals surface area contributed by atoms with Crippen LogP contribution in [-0.4, -0.2) is 31.9 Å². The number of carboxylic acid groups (broad SMARTS) is 1. The normalized spacial score (nSPS) is 16.8. The van der Waals surface area contributed by atoms with E-state index in [4.69, 9.17) is 5.11 Å². The highest BCUT2D eigenvalue weighted by Gasteiger charge is 2.17. The maximum absolute atomic E-state index is 10.6. The van der Waals surface area contributed by atoms with Crippen molar-refractivity contribution in [3.63, 3.8) is 0 Å². The van der Waals surface area contributed by atoms with Crippen LogP contribution in [-0.2, 0) is 24.3 Å². The molecule has 1 aliphatic rings. The quantitative estimate of drug-likeness (QED) is 0.762. The highest BCUT2D eigenvalue weighted by atomic mass is 16.4. The van der Waals surface area contributed by atoms with Gasteiger partial charge in [-0.15, -0.1) is 10.2 Å². The van der Waals surface area contributed by atoms with Crippen molar-refractivity contribution in [2.75, 3.05) is 0 Å². The molecule has 6 heteroatoms. The molecular formula is C10H16N4O2. The Hall–Kier alpha value is -1.43. The monoisotopic (exact) mass is 224 g/mol. The molecule has 0 unspecified atom stereocenters. The van der Waals surface area contributed by atoms with Gasteiger partial charge in [0.2, 0.25) is 0 Å². The largest absolute Gasteiger partial charge is 0.480 e. The maximum atomic E-state index is 10.6. The van der Waals surface area contributed by atoms with Crippen LogP contribution in [0.15, 0.2) is 0 Å². The summed E-state index contributed by atoms with van der Waals surface area (Å²) in [7, 11) is 0. The van der Waals surface area contributed by atoms with E-state index in [1.807, 2.05) is 0 Å². The van der Waals surface area contributed by atoms with Crippen LogP contribution >= 0.6 is 0 Å². The lowest BCUT2D eigenvalue weighted by Gasteiger charge is -2.15. The van der Waals surface area contributed by atoms with Gasteiger partial charge in [0.25, 0.3) is 0 Å². The van der Waals surface area contributed by atoms with E-state index < -0.39 is 12.0 Å². The molecule has 2 rings (SSSR count). The molecule has 16 heavy (non-hydrogen) atoms. The van der Waals surface area contributed by atoms with Gasteiger partial charge in [0.15, 0.2) is 0 Å². The molecule has 0 fully saturated rings. The topological polar surface area (TPSA) is 80.0 Å². The molecule has 1 aromatic rings. The van der Waals surface area contributed by atoms with Crippen LogP contribution in [0.2, 0.25) is 0 Å². The summed E-state index contributed by atoms with van der Waals surface area (Å²) < 4.78 is 2.09. The van der Waals surface area contributed by atoms with Gasteiger partial charge in [-0.05, 0) is 19.8 Å². The molecule has 0 aliphatic carbocycles. The van der Waals surface area contributed by atoms with E-state index in [2.05, 4.69) is 20.1 Å². The SMILES string of the molecule is C[C@@H](NCc1nnc2n1CCCC2)C(=O)O. The summed E-state index contributed by atoms with van der Waals surface area (Å²) in [6.45, 7) is 3.02. The minimum absolute atomic E-state index is 0.459. The van der Waals surface area contributed by atoms with Crippen LogP contribution in [0.25, 0.3) is 0 Å². The minimum atomic E-state index is -0.849. The Morgan fingerprint density at radius 2 is 2.38 bits per heavy atom. The zero-order valence-electron chi connectivity index (χ0n) is 9.31. The summed E-state index contributed by atoms with van der Waals surface area (Å²) in [6, 6.07) is -0.559. The Morgan fingerprint density at radius 1 is 1.56 bits per heavy atom. The van der Waals surface area contributed by atoms with Crippen LogP contribution in [0.3, 0.4) is 0 Å². The molecule has 0 radical (unpaired) electrons. The molecule has 0 bridgehead atoms. The lowest BCUT2D eigenvalue weighted by molar-refractivity contribution is -0.139. The molecule has 2 heterocycles. The van der Waals surface area contributed by atoms with Crippen molar-refractivity contribution in [1.29, 1.82) is 0 Å². The number of nitrogens with zero attached hydrogens (tertiary/aromatic N) is 3. The van der Waals surface area contributed by atoms with Crippen LogP contribution in [0.1, 0.15) is 31.4 Å². The van der Waals surface area contributed by atoms with Gasteiger partial charge in [0.1, 0.15) is 17.7 Å². The molecule has 1 atom stereocenters. The number of aliphatic carboxylic acids is 1. The summed E-state index contributed by atoms with van der Waals surface area (Å²) in [5.41, 5.74) is 0. The maximum Gasteiger partial charge on any atom is 0.320 e. The van der Waals surface area contributed by atoms with Gasteiger partial charge in [-0.1, -0.05) is 0 Å². The van der Waals surface area contributed by atoms with Crippen LogP contribution in [0, 0.1) is 0 Å². The zero-order chi connectivity index (χ0) is 11.5. The number of nitrogens with one attached hydrogen (secondary N) is 1. The number of hydrogen-bond acceptors (Lipinski definition) is 4. The first-order chi connectivity index (χ1) is 7.68. The van der Waals surface area contributed by atoms with Gasteiger partial charge in [0, 0.05) is 13.0 Å². The number of aromatic nitrogens is 3. The molecular weight excluding hydrogens is 208 g/mol. The average molecular weight is 224 g/mol. The third-order valence-corrected chi connectivity index (χ3v) is 2.87. The van der Waals surface area contributed by atoms with Crippen molar-refractivity contribution < 1.29 is 9.90 Å². The molecule has 0 spiro atoms. The first kappa shape index (κ1) is 11.1. The summed E-state index contributed by atoms with van der Waals surface area (Å²) in [4.78, 5) is 10.6. The van der Waals surface area contributed by atoms with Gasteiger partial charge in [-0.3, -0.25) is 10.1 Å². The molecule has 88 valence electrons. The van der Waals surface area contributed by atoms with E-state index >= 15 is 0 Å². The molecule has 0 aromatic carbocycles. The molecule has 6 nitrogen and oxygen atoms in total. The Bertz CT molecular complexity index is 388. The summed E-state index contributed by atoms with van der Waals surface area (Å²) >= 11 is 0. The van der Waals surface area contributed by atoms with Crippen molar-refractivity contribution in [3.05, 3.63) is 11.6 Å². The number of rotatable bonds is 4. The predicted octanol–water partition coefficient (Wildman–Crippen LogP) is 0.177. The summed E-state index contributed by atoms with van der Waals surface area (Å²) in [5, 5.41) is 19.8.